The fourth-order valence-corrected chi connectivity index (χ4v) is 3.38. The van der Waals surface area contributed by atoms with Crippen molar-refractivity contribution in [1.82, 2.24) is 4.98 Å². The van der Waals surface area contributed by atoms with Crippen molar-refractivity contribution in [2.75, 3.05) is 0 Å². The van der Waals surface area contributed by atoms with Crippen LogP contribution in [0.4, 0.5) is 0 Å². The zero-order valence-corrected chi connectivity index (χ0v) is 12.8. The monoisotopic (exact) mass is 297 g/mol. The molecule has 4 nitrogen and oxygen atoms in total. The third-order valence-corrected chi connectivity index (χ3v) is 3.85. The molecule has 1 heterocycles. The summed E-state index contributed by atoms with van der Waals surface area (Å²) in [4.78, 5) is 15.1. The van der Waals surface area contributed by atoms with E-state index in [1.165, 1.54) is 18.6 Å². The summed E-state index contributed by atoms with van der Waals surface area (Å²) in [6.45, 7) is 6.67. The van der Waals surface area contributed by atoms with Crippen molar-refractivity contribution < 1.29 is 14.6 Å². The zero-order chi connectivity index (χ0) is 14.9. The first-order valence-electron chi connectivity index (χ1n) is 6.83. The molecule has 1 aliphatic rings. The molecule has 0 radical (unpaired) electrons. The van der Waals surface area contributed by atoms with Crippen molar-refractivity contribution >= 4 is 17.6 Å². The van der Waals surface area contributed by atoms with Gasteiger partial charge in [-0.1, -0.05) is 32.4 Å². The van der Waals surface area contributed by atoms with Gasteiger partial charge in [-0.2, -0.15) is 0 Å². The van der Waals surface area contributed by atoms with E-state index < -0.39 is 5.97 Å². The molecular weight excluding hydrogens is 278 g/mol. The van der Waals surface area contributed by atoms with Crippen LogP contribution in [-0.4, -0.2) is 22.2 Å². The molecule has 2 unspecified atom stereocenters. The zero-order valence-electron chi connectivity index (χ0n) is 12.0. The highest BCUT2D eigenvalue weighted by Gasteiger charge is 2.33. The van der Waals surface area contributed by atoms with Gasteiger partial charge in [-0.25, -0.2) is 9.78 Å². The van der Waals surface area contributed by atoms with Crippen LogP contribution >= 0.6 is 11.6 Å². The van der Waals surface area contributed by atoms with Crippen LogP contribution in [0.15, 0.2) is 12.1 Å². The van der Waals surface area contributed by atoms with Crippen molar-refractivity contribution in [1.29, 1.82) is 0 Å². The minimum absolute atomic E-state index is 0.0568. The number of rotatable bonds is 3. The highest BCUT2D eigenvalue weighted by Crippen LogP contribution is 2.39. The van der Waals surface area contributed by atoms with Crippen LogP contribution in [-0.2, 0) is 0 Å². The first-order valence-corrected chi connectivity index (χ1v) is 7.20. The van der Waals surface area contributed by atoms with E-state index in [9.17, 15) is 4.79 Å². The van der Waals surface area contributed by atoms with Crippen molar-refractivity contribution in [3.05, 3.63) is 22.8 Å². The van der Waals surface area contributed by atoms with Crippen molar-refractivity contribution in [2.24, 2.45) is 11.3 Å². The molecule has 0 aromatic carbocycles. The van der Waals surface area contributed by atoms with E-state index in [1.54, 1.807) is 0 Å². The molecule has 0 amide bonds. The summed E-state index contributed by atoms with van der Waals surface area (Å²) < 4.78 is 5.87. The van der Waals surface area contributed by atoms with Gasteiger partial charge in [0.1, 0.15) is 11.3 Å². The Bertz CT molecular complexity index is 516. The topological polar surface area (TPSA) is 59.4 Å². The Balaban J connectivity index is 2.15. The number of aromatic carboxylic acids is 1. The highest BCUT2D eigenvalue weighted by atomic mass is 35.5. The van der Waals surface area contributed by atoms with Crippen LogP contribution in [0, 0.1) is 11.3 Å². The van der Waals surface area contributed by atoms with E-state index in [2.05, 4.69) is 25.8 Å². The average Bonchev–Trinajstić information content (AvgIpc) is 2.24. The van der Waals surface area contributed by atoms with Gasteiger partial charge in [-0.05, 0) is 36.7 Å². The van der Waals surface area contributed by atoms with Gasteiger partial charge in [0, 0.05) is 6.07 Å². The fraction of sp³-hybridized carbons (Fsp3) is 0.600. The van der Waals surface area contributed by atoms with Gasteiger partial charge in [-0.15, -0.1) is 0 Å². The van der Waals surface area contributed by atoms with Gasteiger partial charge in [0.05, 0.1) is 5.56 Å². The molecule has 0 bridgehead atoms. The summed E-state index contributed by atoms with van der Waals surface area (Å²) in [7, 11) is 0. The van der Waals surface area contributed by atoms with Crippen LogP contribution in [0.1, 0.15) is 50.4 Å². The minimum Gasteiger partial charge on any atom is -0.478 e. The summed E-state index contributed by atoms with van der Waals surface area (Å²) in [5, 5.41) is 9.16. The van der Waals surface area contributed by atoms with E-state index in [1.807, 2.05) is 0 Å². The smallest absolute Gasteiger partial charge is 0.335 e. The largest absolute Gasteiger partial charge is 0.478 e. The predicted octanol–water partition coefficient (Wildman–Crippen LogP) is 4.03. The number of carboxylic acid groups (broad SMARTS) is 1. The quantitative estimate of drug-likeness (QED) is 0.856. The van der Waals surface area contributed by atoms with Gasteiger partial charge >= 0.3 is 5.97 Å². The molecule has 1 aliphatic carbocycles. The maximum atomic E-state index is 11.0. The molecule has 1 saturated carbocycles. The number of carbonyl (C=O) groups is 1. The fourth-order valence-electron chi connectivity index (χ4n) is 3.18. The average molecular weight is 298 g/mol. The Labute approximate surface area is 124 Å². The van der Waals surface area contributed by atoms with Crippen LogP contribution in [0.5, 0.6) is 5.88 Å². The van der Waals surface area contributed by atoms with Crippen LogP contribution in [0.25, 0.3) is 0 Å². The Morgan fingerprint density at radius 2 is 2.15 bits per heavy atom. The summed E-state index contributed by atoms with van der Waals surface area (Å²) in [5.41, 5.74) is 0.333. The predicted molar refractivity (Wildman–Crippen MR) is 77.4 cm³/mol. The number of hydrogen-bond acceptors (Lipinski definition) is 3. The third kappa shape index (κ3) is 3.85. The molecule has 20 heavy (non-hydrogen) atoms. The standard InChI is InChI=1S/C15H20ClNO3/c1-9-4-11(8-15(2,3)7-9)20-13-6-10(14(18)19)5-12(16)17-13/h5-6,9,11H,4,7-8H2,1-3H3,(H,18,19). The van der Waals surface area contributed by atoms with Gasteiger partial charge in [-0.3, -0.25) is 0 Å². The lowest BCUT2D eigenvalue weighted by Crippen LogP contribution is -2.34. The van der Waals surface area contributed by atoms with Crippen molar-refractivity contribution in [3.8, 4) is 5.88 Å². The molecule has 1 fully saturated rings. The second-order valence-electron chi connectivity index (χ2n) is 6.48. The SMILES string of the molecule is CC1CC(Oc2cc(C(=O)O)cc(Cl)n2)CC(C)(C)C1. The molecular formula is C15H20ClNO3. The van der Waals surface area contributed by atoms with Gasteiger partial charge < -0.3 is 9.84 Å². The lowest BCUT2D eigenvalue weighted by molar-refractivity contribution is 0.0527. The number of hydrogen-bond donors (Lipinski definition) is 1. The maximum absolute atomic E-state index is 11.0. The lowest BCUT2D eigenvalue weighted by atomic mass is 9.71. The molecule has 110 valence electrons. The number of ether oxygens (including phenoxy) is 1. The van der Waals surface area contributed by atoms with Crippen LogP contribution in [0.2, 0.25) is 5.15 Å². The highest BCUT2D eigenvalue weighted by molar-refractivity contribution is 6.29. The lowest BCUT2D eigenvalue weighted by Gasteiger charge is -2.38. The molecule has 0 saturated heterocycles. The van der Waals surface area contributed by atoms with Crippen molar-refractivity contribution in [3.63, 3.8) is 0 Å². The molecule has 1 aromatic heterocycles. The molecule has 0 aliphatic heterocycles. The number of nitrogens with zero attached hydrogens (tertiary/aromatic N) is 1. The Kier molecular flexibility index (Phi) is 4.23. The van der Waals surface area contributed by atoms with Crippen LogP contribution < -0.4 is 4.74 Å². The first-order chi connectivity index (χ1) is 9.25. The summed E-state index contributed by atoms with van der Waals surface area (Å²) in [5.74, 6) is -0.150. The van der Waals surface area contributed by atoms with Crippen molar-refractivity contribution in [2.45, 2.75) is 46.1 Å². The van der Waals surface area contributed by atoms with E-state index in [0.717, 1.165) is 12.8 Å². The Morgan fingerprint density at radius 3 is 2.75 bits per heavy atom. The van der Waals surface area contributed by atoms with Gasteiger partial charge in [0.15, 0.2) is 0 Å². The second-order valence-corrected chi connectivity index (χ2v) is 6.86. The summed E-state index contributed by atoms with van der Waals surface area (Å²) in [6.07, 6.45) is 3.13. The molecule has 1 aromatic rings. The number of pyridine rings is 1. The normalized spacial score (nSPS) is 25.2. The maximum Gasteiger partial charge on any atom is 0.335 e. The van der Waals surface area contributed by atoms with Gasteiger partial charge in [0.2, 0.25) is 5.88 Å². The van der Waals surface area contributed by atoms with E-state index in [-0.39, 0.29) is 22.2 Å². The Hall–Kier alpha value is -1.29. The van der Waals surface area contributed by atoms with E-state index >= 15 is 0 Å². The molecule has 2 atom stereocenters. The number of halogens is 1. The third-order valence-electron chi connectivity index (χ3n) is 3.65. The van der Waals surface area contributed by atoms with E-state index in [0.29, 0.717) is 11.8 Å². The molecule has 2 rings (SSSR count). The summed E-state index contributed by atoms with van der Waals surface area (Å²) in [6, 6.07) is 2.75. The first kappa shape index (κ1) is 15.1. The minimum atomic E-state index is -1.03. The number of aromatic nitrogens is 1. The molecule has 5 heteroatoms. The number of carboxylic acids is 1. The molecule has 1 N–H and O–H groups in total. The summed E-state index contributed by atoms with van der Waals surface area (Å²) >= 11 is 5.84. The van der Waals surface area contributed by atoms with Gasteiger partial charge in [0.25, 0.3) is 0 Å². The second kappa shape index (κ2) is 5.60. The Morgan fingerprint density at radius 1 is 1.45 bits per heavy atom. The van der Waals surface area contributed by atoms with E-state index in [4.69, 9.17) is 21.4 Å². The van der Waals surface area contributed by atoms with Crippen LogP contribution in [0.3, 0.4) is 0 Å². The molecule has 0 spiro atoms.